The van der Waals surface area contributed by atoms with Crippen LogP contribution in [0, 0.1) is 19.8 Å². The summed E-state index contributed by atoms with van der Waals surface area (Å²) in [6, 6.07) is 11.1. The Labute approximate surface area is 222 Å². The quantitative estimate of drug-likeness (QED) is 0.295. The van der Waals surface area contributed by atoms with E-state index in [-0.39, 0.29) is 5.78 Å². The van der Waals surface area contributed by atoms with E-state index in [0.29, 0.717) is 18.8 Å². The Morgan fingerprint density at radius 3 is 2.57 bits per heavy atom. The number of aromatic nitrogens is 2. The van der Waals surface area contributed by atoms with E-state index in [9.17, 15) is 4.79 Å². The molecule has 1 aromatic carbocycles. The van der Waals surface area contributed by atoms with E-state index in [2.05, 4.69) is 49.2 Å². The molecule has 2 aromatic heterocycles. The van der Waals surface area contributed by atoms with Gasteiger partial charge in [-0.1, -0.05) is 63.0 Å². The second kappa shape index (κ2) is 11.5. The molecule has 3 nitrogen and oxygen atoms in total. The van der Waals surface area contributed by atoms with Crippen LogP contribution in [0.5, 0.6) is 0 Å². The van der Waals surface area contributed by atoms with Gasteiger partial charge in [-0.05, 0) is 91.3 Å². The molecular formula is C34H40N2O. The molecule has 0 radical (unpaired) electrons. The zero-order valence-corrected chi connectivity index (χ0v) is 22.7. The van der Waals surface area contributed by atoms with E-state index in [1.807, 2.05) is 31.5 Å². The molecule has 2 aliphatic rings. The number of rotatable bonds is 8. The molecule has 1 fully saturated rings. The molecule has 3 heteroatoms. The number of hydrogen-bond donors (Lipinski definition) is 0. The number of benzene rings is 1. The number of nitrogens with zero attached hydrogens (tertiary/aromatic N) is 2. The summed E-state index contributed by atoms with van der Waals surface area (Å²) in [5.41, 5.74) is 9.74. The van der Waals surface area contributed by atoms with Gasteiger partial charge in [-0.3, -0.25) is 14.8 Å². The third kappa shape index (κ3) is 5.92. The standard InChI is InChI=1S/C34H40N2O/c1-4-5-6-8-25-11-14-27(15-12-25)30-16-13-26(18-24(30)3)19-32-34-28(9-7-10-33(34)37)20-31(36-32)29-17-23(2)21-35-22-29/h7,9,13,16-18,20-22,25,27H,4-6,8,10-12,14-15,19H2,1-3H3. The Kier molecular flexibility index (Phi) is 7.98. The van der Waals surface area contributed by atoms with Crippen LogP contribution in [-0.2, 0) is 6.42 Å². The number of unbranched alkanes of at least 4 members (excludes halogenated alkanes) is 2. The molecular weight excluding hydrogens is 452 g/mol. The van der Waals surface area contributed by atoms with Gasteiger partial charge in [0.2, 0.25) is 0 Å². The van der Waals surface area contributed by atoms with Gasteiger partial charge in [-0.15, -0.1) is 0 Å². The number of Topliss-reactive ketones (excluding diaryl/α,β-unsaturated/α-hetero) is 1. The molecule has 2 heterocycles. The molecule has 0 bridgehead atoms. The average Bonchev–Trinajstić information content (AvgIpc) is 2.89. The molecule has 1 saturated carbocycles. The number of allylic oxidation sites excluding steroid dienone is 1. The van der Waals surface area contributed by atoms with Crippen LogP contribution in [-0.4, -0.2) is 15.8 Å². The van der Waals surface area contributed by atoms with Crippen molar-refractivity contribution >= 4 is 11.9 Å². The molecule has 0 unspecified atom stereocenters. The van der Waals surface area contributed by atoms with Crippen molar-refractivity contribution in [3.05, 3.63) is 87.9 Å². The Morgan fingerprint density at radius 2 is 1.81 bits per heavy atom. The predicted molar refractivity (Wildman–Crippen MR) is 153 cm³/mol. The molecule has 0 saturated heterocycles. The van der Waals surface area contributed by atoms with Crippen molar-refractivity contribution in [1.29, 1.82) is 0 Å². The van der Waals surface area contributed by atoms with E-state index < -0.39 is 0 Å². The Balaban J connectivity index is 1.37. The fourth-order valence-electron chi connectivity index (χ4n) is 6.38. The summed E-state index contributed by atoms with van der Waals surface area (Å²) in [5, 5.41) is 0. The first-order valence-electron chi connectivity index (χ1n) is 14.3. The predicted octanol–water partition coefficient (Wildman–Crippen LogP) is 8.80. The number of carbonyl (C=O) groups is 1. The summed E-state index contributed by atoms with van der Waals surface area (Å²) in [5.74, 6) is 1.78. The fourth-order valence-corrected chi connectivity index (χ4v) is 6.38. The van der Waals surface area contributed by atoms with Crippen molar-refractivity contribution in [2.24, 2.45) is 5.92 Å². The van der Waals surface area contributed by atoms with Gasteiger partial charge in [-0.2, -0.15) is 0 Å². The Bertz CT molecular complexity index is 1300. The summed E-state index contributed by atoms with van der Waals surface area (Å²) >= 11 is 0. The highest BCUT2D eigenvalue weighted by Crippen LogP contribution is 2.39. The van der Waals surface area contributed by atoms with Gasteiger partial charge < -0.3 is 0 Å². The topological polar surface area (TPSA) is 42.9 Å². The maximum Gasteiger partial charge on any atom is 0.169 e. The van der Waals surface area contributed by atoms with Gasteiger partial charge in [0.05, 0.1) is 11.4 Å². The summed E-state index contributed by atoms with van der Waals surface area (Å²) in [4.78, 5) is 22.3. The highest BCUT2D eigenvalue weighted by molar-refractivity contribution is 6.04. The molecule has 0 aliphatic heterocycles. The summed E-state index contributed by atoms with van der Waals surface area (Å²) in [6.07, 6.45) is 19.8. The summed E-state index contributed by atoms with van der Waals surface area (Å²) in [6.45, 7) is 6.60. The lowest BCUT2D eigenvalue weighted by Crippen LogP contribution is -2.14. The van der Waals surface area contributed by atoms with E-state index in [1.54, 1.807) is 0 Å². The van der Waals surface area contributed by atoms with Gasteiger partial charge in [0.15, 0.2) is 5.78 Å². The molecule has 5 rings (SSSR count). The molecule has 192 valence electrons. The lowest BCUT2D eigenvalue weighted by Gasteiger charge is -2.30. The number of carbonyl (C=O) groups excluding carboxylic acids is 1. The Hall–Kier alpha value is -3.07. The minimum absolute atomic E-state index is 0.165. The monoisotopic (exact) mass is 492 g/mol. The van der Waals surface area contributed by atoms with Crippen molar-refractivity contribution in [2.45, 2.75) is 90.9 Å². The first-order chi connectivity index (χ1) is 18.0. The van der Waals surface area contributed by atoms with Gasteiger partial charge in [0.25, 0.3) is 0 Å². The summed E-state index contributed by atoms with van der Waals surface area (Å²) < 4.78 is 0. The van der Waals surface area contributed by atoms with Gasteiger partial charge >= 0.3 is 0 Å². The van der Waals surface area contributed by atoms with Crippen LogP contribution in [0.15, 0.2) is 48.8 Å². The van der Waals surface area contributed by atoms with Crippen LogP contribution < -0.4 is 0 Å². The number of fused-ring (bicyclic) bond motifs is 1. The lowest BCUT2D eigenvalue weighted by molar-refractivity contribution is 0.0993. The van der Waals surface area contributed by atoms with Crippen molar-refractivity contribution < 1.29 is 4.79 Å². The molecule has 0 spiro atoms. The van der Waals surface area contributed by atoms with Gasteiger partial charge in [0, 0.05) is 36.4 Å². The second-order valence-corrected chi connectivity index (χ2v) is 11.3. The zero-order valence-electron chi connectivity index (χ0n) is 22.7. The van der Waals surface area contributed by atoms with Crippen molar-refractivity contribution in [2.75, 3.05) is 0 Å². The fraction of sp³-hybridized carbons (Fsp3) is 0.441. The maximum atomic E-state index is 12.9. The average molecular weight is 493 g/mol. The first kappa shape index (κ1) is 25.6. The Morgan fingerprint density at radius 1 is 0.973 bits per heavy atom. The van der Waals surface area contributed by atoms with E-state index in [4.69, 9.17) is 4.98 Å². The van der Waals surface area contributed by atoms with E-state index >= 15 is 0 Å². The van der Waals surface area contributed by atoms with Gasteiger partial charge in [-0.25, -0.2) is 0 Å². The SMILES string of the molecule is CCCCCC1CCC(c2ccc(Cc3nc(-c4cncc(C)c4)cc4c3C(=O)CC=C4)cc2C)CC1. The van der Waals surface area contributed by atoms with Crippen LogP contribution in [0.1, 0.15) is 114 Å². The highest BCUT2D eigenvalue weighted by atomic mass is 16.1. The molecule has 3 aromatic rings. The molecule has 0 amide bonds. The van der Waals surface area contributed by atoms with E-state index in [0.717, 1.165) is 39.6 Å². The maximum absolute atomic E-state index is 12.9. The number of pyridine rings is 2. The van der Waals surface area contributed by atoms with Crippen LogP contribution in [0.4, 0.5) is 0 Å². The number of ketones is 1. The third-order valence-electron chi connectivity index (χ3n) is 8.38. The summed E-state index contributed by atoms with van der Waals surface area (Å²) in [7, 11) is 0. The van der Waals surface area contributed by atoms with Crippen molar-refractivity contribution in [1.82, 2.24) is 9.97 Å². The lowest BCUT2D eigenvalue weighted by atomic mass is 9.76. The second-order valence-electron chi connectivity index (χ2n) is 11.3. The minimum Gasteiger partial charge on any atom is -0.294 e. The van der Waals surface area contributed by atoms with Gasteiger partial charge in [0.1, 0.15) is 0 Å². The molecule has 0 N–H and O–H groups in total. The zero-order chi connectivity index (χ0) is 25.8. The number of aryl methyl sites for hydroxylation is 2. The first-order valence-corrected chi connectivity index (χ1v) is 14.3. The largest absolute Gasteiger partial charge is 0.294 e. The number of hydrogen-bond acceptors (Lipinski definition) is 3. The minimum atomic E-state index is 0.165. The molecule has 0 atom stereocenters. The highest BCUT2D eigenvalue weighted by Gasteiger charge is 2.24. The van der Waals surface area contributed by atoms with Crippen LogP contribution in [0.3, 0.4) is 0 Å². The van der Waals surface area contributed by atoms with Crippen LogP contribution in [0.2, 0.25) is 0 Å². The normalized spacial score (nSPS) is 19.2. The molecule has 37 heavy (non-hydrogen) atoms. The smallest absolute Gasteiger partial charge is 0.169 e. The van der Waals surface area contributed by atoms with E-state index in [1.165, 1.54) is 68.1 Å². The molecule has 2 aliphatic carbocycles. The van der Waals surface area contributed by atoms with Crippen LogP contribution >= 0.6 is 0 Å². The third-order valence-corrected chi connectivity index (χ3v) is 8.38. The van der Waals surface area contributed by atoms with Crippen molar-refractivity contribution in [3.8, 4) is 11.3 Å². The van der Waals surface area contributed by atoms with Crippen LogP contribution in [0.25, 0.3) is 17.3 Å². The van der Waals surface area contributed by atoms with Crippen molar-refractivity contribution in [3.63, 3.8) is 0 Å².